The smallest absolute Gasteiger partial charge is 0.0386 e. The molecule has 25 heavy (non-hydrogen) atoms. The molecule has 0 bridgehead atoms. The third kappa shape index (κ3) is 8.96. The summed E-state index contributed by atoms with van der Waals surface area (Å²) in [6, 6.07) is 0. The fourth-order valence-corrected chi connectivity index (χ4v) is 5.79. The van der Waals surface area contributed by atoms with E-state index in [1.165, 1.54) is 96.3 Å². The third-order valence-electron chi connectivity index (χ3n) is 7.60. The molecule has 0 aromatic carbocycles. The highest BCUT2D eigenvalue weighted by molar-refractivity contribution is 4.78. The van der Waals surface area contributed by atoms with Crippen LogP contribution in [0.2, 0.25) is 0 Å². The molecular weight excluding hydrogens is 300 g/mol. The molecule has 0 heteroatoms. The van der Waals surface area contributed by atoms with Gasteiger partial charge in [0.2, 0.25) is 0 Å². The van der Waals surface area contributed by atoms with Crippen molar-refractivity contribution in [3.63, 3.8) is 0 Å². The molecule has 0 aromatic rings. The summed E-state index contributed by atoms with van der Waals surface area (Å²) in [6.07, 6.45) is 28.7. The van der Waals surface area contributed by atoms with Crippen LogP contribution in [-0.2, 0) is 0 Å². The molecule has 0 radical (unpaired) electrons. The molecule has 0 spiro atoms. The second-order valence-corrected chi connectivity index (χ2v) is 9.76. The van der Waals surface area contributed by atoms with Gasteiger partial charge in [-0.2, -0.15) is 0 Å². The zero-order valence-corrected chi connectivity index (χ0v) is 17.7. The molecule has 4 aliphatic carbocycles. The van der Waals surface area contributed by atoms with Crippen LogP contribution in [0.5, 0.6) is 0 Å². The zero-order valence-electron chi connectivity index (χ0n) is 17.7. The van der Waals surface area contributed by atoms with E-state index in [1.807, 2.05) is 0 Å². The van der Waals surface area contributed by atoms with Crippen LogP contribution in [0.15, 0.2) is 0 Å². The van der Waals surface area contributed by atoms with E-state index >= 15 is 0 Å². The van der Waals surface area contributed by atoms with Gasteiger partial charge in [-0.3, -0.25) is 0 Å². The quantitative estimate of drug-likeness (QED) is 0.415. The van der Waals surface area contributed by atoms with Crippen LogP contribution < -0.4 is 0 Å². The molecule has 0 nitrogen and oxygen atoms in total. The van der Waals surface area contributed by atoms with Crippen LogP contribution in [0.1, 0.15) is 136 Å². The summed E-state index contributed by atoms with van der Waals surface area (Å²) in [5.74, 6) is 4.41. The third-order valence-corrected chi connectivity index (χ3v) is 7.60. The number of hydrogen-bond donors (Lipinski definition) is 0. The van der Waals surface area contributed by atoms with E-state index in [1.54, 1.807) is 25.7 Å². The van der Waals surface area contributed by atoms with Crippen molar-refractivity contribution in [2.45, 2.75) is 136 Å². The lowest BCUT2D eigenvalue weighted by Crippen LogP contribution is -2.22. The molecule has 148 valence electrons. The molecule has 0 amide bonds. The number of hydrogen-bond acceptors (Lipinski definition) is 0. The fraction of sp³-hybridized carbons (Fsp3) is 1.00. The van der Waals surface area contributed by atoms with Gasteiger partial charge in [-0.15, -0.1) is 0 Å². The molecule has 4 aliphatic rings. The van der Waals surface area contributed by atoms with Crippen LogP contribution in [0.25, 0.3) is 0 Å². The Morgan fingerprint density at radius 1 is 0.520 bits per heavy atom. The lowest BCUT2D eigenvalue weighted by Gasteiger charge is -2.35. The minimum atomic E-state index is 1.03. The highest BCUT2D eigenvalue weighted by Gasteiger charge is 2.26. The summed E-state index contributed by atoms with van der Waals surface area (Å²) in [7, 11) is 0. The molecule has 0 heterocycles. The first-order valence-electron chi connectivity index (χ1n) is 12.3. The van der Waals surface area contributed by atoms with Crippen LogP contribution in [0, 0.1) is 23.7 Å². The van der Waals surface area contributed by atoms with E-state index in [0.717, 1.165) is 23.7 Å². The van der Waals surface area contributed by atoms with E-state index in [2.05, 4.69) is 13.8 Å². The maximum Gasteiger partial charge on any atom is -0.0386 e. The standard InChI is InChI=1S/C10H18.C8H16.C7H14/c1-2-6-10-8-4-3-7-9(10)5-1;1-3-8-5-4-7(2)6-8;1-2-4-6-7-5-3-1/h9-10H,1-8H2;7-8H,3-6H2,1-2H3;1-7H2. The van der Waals surface area contributed by atoms with Crippen molar-refractivity contribution in [2.24, 2.45) is 23.7 Å². The molecule has 2 atom stereocenters. The number of rotatable bonds is 1. The van der Waals surface area contributed by atoms with Crippen LogP contribution in [0.3, 0.4) is 0 Å². The van der Waals surface area contributed by atoms with Crippen LogP contribution in [0.4, 0.5) is 0 Å². The monoisotopic (exact) mass is 348 g/mol. The Morgan fingerprint density at radius 3 is 1.16 bits per heavy atom. The van der Waals surface area contributed by atoms with Crippen molar-refractivity contribution < 1.29 is 0 Å². The minimum Gasteiger partial charge on any atom is -0.0651 e. The Kier molecular flexibility index (Phi) is 11.3. The molecule has 4 rings (SSSR count). The maximum absolute atomic E-state index is 2.37. The van der Waals surface area contributed by atoms with Crippen molar-refractivity contribution in [3.05, 3.63) is 0 Å². The molecule has 0 aliphatic heterocycles. The predicted molar refractivity (Wildman–Crippen MR) is 113 cm³/mol. The van der Waals surface area contributed by atoms with Gasteiger partial charge < -0.3 is 0 Å². The maximum atomic E-state index is 2.37. The topological polar surface area (TPSA) is 0 Å². The van der Waals surface area contributed by atoms with Crippen molar-refractivity contribution in [1.82, 2.24) is 0 Å². The van der Waals surface area contributed by atoms with Crippen LogP contribution in [-0.4, -0.2) is 0 Å². The largest absolute Gasteiger partial charge is 0.0651 e. The van der Waals surface area contributed by atoms with E-state index in [-0.39, 0.29) is 0 Å². The Bertz CT molecular complexity index is 262. The second-order valence-electron chi connectivity index (χ2n) is 9.76. The second kappa shape index (κ2) is 13.2. The first-order valence-corrected chi connectivity index (χ1v) is 12.3. The van der Waals surface area contributed by atoms with E-state index in [4.69, 9.17) is 0 Å². The van der Waals surface area contributed by atoms with E-state index in [0.29, 0.717) is 0 Å². The van der Waals surface area contributed by atoms with Crippen LogP contribution >= 0.6 is 0 Å². The van der Waals surface area contributed by atoms with Gasteiger partial charge in [0, 0.05) is 0 Å². The summed E-state index contributed by atoms with van der Waals surface area (Å²) in [6.45, 7) is 4.68. The normalized spacial score (nSPS) is 35.3. The van der Waals surface area contributed by atoms with Crippen molar-refractivity contribution in [2.75, 3.05) is 0 Å². The molecule has 0 aromatic heterocycles. The van der Waals surface area contributed by atoms with Gasteiger partial charge in [0.1, 0.15) is 0 Å². The summed E-state index contributed by atoms with van der Waals surface area (Å²) in [5, 5.41) is 0. The molecule has 2 unspecified atom stereocenters. The molecule has 4 saturated carbocycles. The molecular formula is C25H48. The first kappa shape index (κ1) is 21.3. The molecule has 4 fully saturated rings. The Hall–Kier alpha value is 0. The van der Waals surface area contributed by atoms with Crippen molar-refractivity contribution >= 4 is 0 Å². The minimum absolute atomic E-state index is 1.03. The molecule has 0 saturated heterocycles. The van der Waals surface area contributed by atoms with Gasteiger partial charge in [0.05, 0.1) is 0 Å². The summed E-state index contributed by atoms with van der Waals surface area (Å²) < 4.78 is 0. The van der Waals surface area contributed by atoms with Crippen molar-refractivity contribution in [3.8, 4) is 0 Å². The Labute approximate surface area is 159 Å². The predicted octanol–water partition coefficient (Wildman–Crippen LogP) is 8.93. The van der Waals surface area contributed by atoms with Gasteiger partial charge in [-0.05, 0) is 30.1 Å². The first-order chi connectivity index (χ1) is 12.3. The summed E-state index contributed by atoms with van der Waals surface area (Å²) in [4.78, 5) is 0. The van der Waals surface area contributed by atoms with Gasteiger partial charge in [-0.25, -0.2) is 0 Å². The average molecular weight is 349 g/mol. The van der Waals surface area contributed by atoms with Gasteiger partial charge in [-0.1, -0.05) is 129 Å². The SMILES string of the molecule is C1CCC2CCCCC2C1.C1CCCCCC1.CCC1CCC(C)C1. The Morgan fingerprint density at radius 2 is 0.920 bits per heavy atom. The zero-order chi connectivity index (χ0) is 17.7. The fourth-order valence-electron chi connectivity index (χ4n) is 5.79. The van der Waals surface area contributed by atoms with Gasteiger partial charge in [0.15, 0.2) is 0 Å². The van der Waals surface area contributed by atoms with Crippen molar-refractivity contribution in [1.29, 1.82) is 0 Å². The van der Waals surface area contributed by atoms with Gasteiger partial charge >= 0.3 is 0 Å². The average Bonchev–Trinajstić information content (AvgIpc) is 2.89. The highest BCUT2D eigenvalue weighted by Crippen LogP contribution is 2.40. The van der Waals surface area contributed by atoms with Gasteiger partial charge in [0.25, 0.3) is 0 Å². The lowest BCUT2D eigenvalue weighted by atomic mass is 9.71. The van der Waals surface area contributed by atoms with E-state index < -0.39 is 0 Å². The molecule has 0 N–H and O–H groups in total. The lowest BCUT2D eigenvalue weighted by molar-refractivity contribution is 0.171. The van der Waals surface area contributed by atoms with E-state index in [9.17, 15) is 0 Å². The number of fused-ring (bicyclic) bond motifs is 1. The Balaban J connectivity index is 0.000000138. The summed E-state index contributed by atoms with van der Waals surface area (Å²) >= 11 is 0. The highest BCUT2D eigenvalue weighted by atomic mass is 14.3. The summed E-state index contributed by atoms with van der Waals surface area (Å²) in [5.41, 5.74) is 0.